The van der Waals surface area contributed by atoms with Crippen molar-refractivity contribution >= 4 is 5.91 Å². The summed E-state index contributed by atoms with van der Waals surface area (Å²) >= 11 is 0. The number of carbonyl (C=O) groups excluding carboxylic acids is 1. The van der Waals surface area contributed by atoms with E-state index in [4.69, 9.17) is 4.52 Å². The number of nitrogens with zero attached hydrogens (tertiary/aromatic N) is 3. The first kappa shape index (κ1) is 15.9. The summed E-state index contributed by atoms with van der Waals surface area (Å²) in [6.45, 7) is 2.09. The maximum Gasteiger partial charge on any atom is 0.245 e. The van der Waals surface area contributed by atoms with Gasteiger partial charge >= 0.3 is 0 Å². The molecule has 0 saturated heterocycles. The van der Waals surface area contributed by atoms with Crippen molar-refractivity contribution in [3.63, 3.8) is 0 Å². The maximum absolute atomic E-state index is 13.7. The molecule has 0 unspecified atom stereocenters. The summed E-state index contributed by atoms with van der Waals surface area (Å²) in [5.41, 5.74) is 0.762. The van der Waals surface area contributed by atoms with Crippen LogP contribution < -0.4 is 5.32 Å². The van der Waals surface area contributed by atoms with Crippen molar-refractivity contribution in [2.75, 3.05) is 0 Å². The van der Waals surface area contributed by atoms with Gasteiger partial charge in [0.05, 0.1) is 6.54 Å². The lowest BCUT2D eigenvalue weighted by Gasteiger charge is -2.14. The maximum atomic E-state index is 13.7. The van der Waals surface area contributed by atoms with Gasteiger partial charge < -0.3 is 9.84 Å². The molecule has 0 spiro atoms. The molecule has 7 heteroatoms. The number of hydrogen-bond acceptors (Lipinski definition) is 4. The van der Waals surface area contributed by atoms with E-state index in [1.54, 1.807) is 47.4 Å². The largest absolute Gasteiger partial charge is 0.359 e. The number of aromatic nitrogens is 3. The third-order valence-electron chi connectivity index (χ3n) is 3.68. The third kappa shape index (κ3) is 3.34. The van der Waals surface area contributed by atoms with E-state index in [2.05, 4.69) is 15.6 Å². The first-order valence-corrected chi connectivity index (χ1v) is 7.66. The van der Waals surface area contributed by atoms with E-state index < -0.39 is 0 Å². The molecule has 0 aliphatic carbocycles. The van der Waals surface area contributed by atoms with Crippen molar-refractivity contribution in [1.29, 1.82) is 0 Å². The lowest BCUT2D eigenvalue weighted by Crippen LogP contribution is -2.32. The van der Waals surface area contributed by atoms with Gasteiger partial charge in [0, 0.05) is 24.0 Å². The minimum atomic E-state index is -0.381. The van der Waals surface area contributed by atoms with Crippen LogP contribution >= 0.6 is 0 Å². The molecular weight excluding hydrogens is 311 g/mol. The number of halogens is 1. The molecule has 0 radical (unpaired) electrons. The lowest BCUT2D eigenvalue weighted by atomic mass is 10.1. The van der Waals surface area contributed by atoms with E-state index in [0.717, 1.165) is 0 Å². The molecule has 0 fully saturated rings. The molecule has 1 N–H and O–H groups in total. The van der Waals surface area contributed by atoms with Crippen LogP contribution in [0.3, 0.4) is 0 Å². The highest BCUT2D eigenvalue weighted by atomic mass is 19.1. The van der Waals surface area contributed by atoms with Crippen molar-refractivity contribution in [2.45, 2.75) is 25.9 Å². The molecule has 0 bridgehead atoms. The van der Waals surface area contributed by atoms with Gasteiger partial charge in [0.25, 0.3) is 0 Å². The average molecular weight is 328 g/mol. The minimum absolute atomic E-state index is 0.162. The van der Waals surface area contributed by atoms with Gasteiger partial charge in [-0.3, -0.25) is 9.48 Å². The van der Waals surface area contributed by atoms with Crippen LogP contribution in [0, 0.1) is 5.82 Å². The molecule has 1 amide bonds. The first-order chi connectivity index (χ1) is 11.7. The average Bonchev–Trinajstić information content (AvgIpc) is 3.26. The number of benzene rings is 1. The van der Waals surface area contributed by atoms with E-state index in [1.807, 2.05) is 6.92 Å². The monoisotopic (exact) mass is 328 g/mol. The summed E-state index contributed by atoms with van der Waals surface area (Å²) in [6, 6.07) is 9.33. The Morgan fingerprint density at radius 3 is 2.92 bits per heavy atom. The van der Waals surface area contributed by atoms with Crippen LogP contribution in [0.5, 0.6) is 0 Å². The van der Waals surface area contributed by atoms with Crippen LogP contribution in [0.25, 0.3) is 11.3 Å². The standard InChI is InChI=1S/C17H17FN4O2/c1-2-16(22-9-5-8-20-22)17(23)19-11-12-10-15(21-24-12)13-6-3-4-7-14(13)18/h3-10,16H,2,11H2,1H3,(H,19,23)/t16-/m0/s1. The minimum Gasteiger partial charge on any atom is -0.359 e. The molecule has 2 heterocycles. The van der Waals surface area contributed by atoms with Crippen molar-refractivity contribution < 1.29 is 13.7 Å². The molecule has 0 aliphatic rings. The molecule has 124 valence electrons. The Morgan fingerprint density at radius 2 is 2.21 bits per heavy atom. The summed E-state index contributed by atoms with van der Waals surface area (Å²) in [5, 5.41) is 10.7. The molecule has 24 heavy (non-hydrogen) atoms. The number of hydrogen-bond donors (Lipinski definition) is 1. The Morgan fingerprint density at radius 1 is 1.38 bits per heavy atom. The molecule has 1 atom stereocenters. The summed E-state index contributed by atoms with van der Waals surface area (Å²) in [7, 11) is 0. The fraction of sp³-hybridized carbons (Fsp3) is 0.235. The zero-order chi connectivity index (χ0) is 16.9. The molecule has 0 aliphatic heterocycles. The summed E-state index contributed by atoms with van der Waals surface area (Å²) < 4.78 is 20.5. The molecule has 2 aromatic heterocycles. The van der Waals surface area contributed by atoms with Crippen LogP contribution in [0.1, 0.15) is 25.1 Å². The number of rotatable bonds is 6. The highest BCUT2D eigenvalue weighted by molar-refractivity contribution is 5.80. The number of carbonyl (C=O) groups is 1. The predicted octanol–water partition coefficient (Wildman–Crippen LogP) is 2.94. The van der Waals surface area contributed by atoms with Gasteiger partial charge in [-0.05, 0) is 24.6 Å². The second kappa shape index (κ2) is 7.08. The molecule has 1 aromatic carbocycles. The van der Waals surface area contributed by atoms with E-state index in [0.29, 0.717) is 23.4 Å². The van der Waals surface area contributed by atoms with Crippen molar-refractivity contribution in [2.24, 2.45) is 0 Å². The number of amides is 1. The quantitative estimate of drug-likeness (QED) is 0.755. The van der Waals surface area contributed by atoms with Crippen LogP contribution in [-0.2, 0) is 11.3 Å². The third-order valence-corrected chi connectivity index (χ3v) is 3.68. The number of nitrogens with one attached hydrogen (secondary N) is 1. The van der Waals surface area contributed by atoms with Crippen LogP contribution in [0.2, 0.25) is 0 Å². The topological polar surface area (TPSA) is 73.0 Å². The Balaban J connectivity index is 1.65. The van der Waals surface area contributed by atoms with E-state index in [1.165, 1.54) is 6.07 Å². The fourth-order valence-corrected chi connectivity index (χ4v) is 2.44. The molecular formula is C17H17FN4O2. The highest BCUT2D eigenvalue weighted by Crippen LogP contribution is 2.22. The zero-order valence-corrected chi connectivity index (χ0v) is 13.1. The smallest absolute Gasteiger partial charge is 0.245 e. The van der Waals surface area contributed by atoms with Gasteiger partial charge in [0.15, 0.2) is 5.76 Å². The van der Waals surface area contributed by atoms with Crippen molar-refractivity contribution in [1.82, 2.24) is 20.3 Å². The van der Waals surface area contributed by atoms with Gasteiger partial charge in [0.2, 0.25) is 5.91 Å². The van der Waals surface area contributed by atoms with Crippen LogP contribution in [-0.4, -0.2) is 20.8 Å². The van der Waals surface area contributed by atoms with E-state index in [-0.39, 0.29) is 24.3 Å². The first-order valence-electron chi connectivity index (χ1n) is 7.66. The fourth-order valence-electron chi connectivity index (χ4n) is 2.44. The van der Waals surface area contributed by atoms with Gasteiger partial charge in [-0.25, -0.2) is 4.39 Å². The Bertz CT molecular complexity index is 814. The van der Waals surface area contributed by atoms with E-state index >= 15 is 0 Å². The predicted molar refractivity (Wildman–Crippen MR) is 85.3 cm³/mol. The molecule has 3 rings (SSSR count). The summed E-state index contributed by atoms with van der Waals surface area (Å²) in [6.07, 6.45) is 4.00. The van der Waals surface area contributed by atoms with Gasteiger partial charge in [-0.2, -0.15) is 5.10 Å². The zero-order valence-electron chi connectivity index (χ0n) is 13.1. The van der Waals surface area contributed by atoms with Gasteiger partial charge in [-0.1, -0.05) is 24.2 Å². The molecule has 0 saturated carbocycles. The summed E-state index contributed by atoms with van der Waals surface area (Å²) in [5.74, 6) is -0.0759. The van der Waals surface area contributed by atoms with Gasteiger partial charge in [-0.15, -0.1) is 0 Å². The Labute approximate surface area is 138 Å². The normalized spacial score (nSPS) is 12.1. The van der Waals surface area contributed by atoms with Crippen LogP contribution in [0.4, 0.5) is 4.39 Å². The Hall–Kier alpha value is -2.96. The van der Waals surface area contributed by atoms with Crippen LogP contribution in [0.15, 0.2) is 53.3 Å². The molecule has 3 aromatic rings. The SMILES string of the molecule is CC[C@@H](C(=O)NCc1cc(-c2ccccc2F)no1)n1cccn1. The highest BCUT2D eigenvalue weighted by Gasteiger charge is 2.19. The second-order valence-electron chi connectivity index (χ2n) is 5.29. The molecule has 6 nitrogen and oxygen atoms in total. The van der Waals surface area contributed by atoms with E-state index in [9.17, 15) is 9.18 Å². The van der Waals surface area contributed by atoms with Crippen molar-refractivity contribution in [3.05, 3.63) is 60.4 Å². The second-order valence-corrected chi connectivity index (χ2v) is 5.29. The Kier molecular flexibility index (Phi) is 4.69. The summed E-state index contributed by atoms with van der Waals surface area (Å²) in [4.78, 5) is 12.3. The lowest BCUT2D eigenvalue weighted by molar-refractivity contribution is -0.125. The van der Waals surface area contributed by atoms with Crippen molar-refractivity contribution in [3.8, 4) is 11.3 Å². The van der Waals surface area contributed by atoms with Gasteiger partial charge in [0.1, 0.15) is 17.6 Å².